The maximum Gasteiger partial charge on any atom is 0.343 e. The van der Waals surface area contributed by atoms with Gasteiger partial charge in [0.25, 0.3) is 11.6 Å². The van der Waals surface area contributed by atoms with Gasteiger partial charge in [-0.2, -0.15) is 5.26 Å². The van der Waals surface area contributed by atoms with E-state index >= 15 is 0 Å². The Morgan fingerprint density at radius 2 is 1.82 bits per heavy atom. The van der Waals surface area contributed by atoms with Crippen molar-refractivity contribution in [2.45, 2.75) is 0 Å². The number of nitro groups is 1. The standard InChI is InChI=1S/C24H16ClN3O6/c1-33-19-9-6-15(7-10-19)24(30)34-22-5-3-2-4-16(22)12-17(14-26)23(29)27-21-13-18(28(31)32)8-11-20(21)25/h2-13H,1H3,(H,27,29). The maximum absolute atomic E-state index is 12.6. The summed E-state index contributed by atoms with van der Waals surface area (Å²) in [5.74, 6) is -0.790. The van der Waals surface area contributed by atoms with Gasteiger partial charge in [-0.3, -0.25) is 14.9 Å². The topological polar surface area (TPSA) is 132 Å². The lowest BCUT2D eigenvalue weighted by Gasteiger charge is -2.09. The largest absolute Gasteiger partial charge is 0.497 e. The van der Waals surface area contributed by atoms with Gasteiger partial charge in [-0.15, -0.1) is 0 Å². The van der Waals surface area contributed by atoms with E-state index in [-0.39, 0.29) is 33.3 Å². The number of ether oxygens (including phenoxy) is 2. The first-order chi connectivity index (χ1) is 16.3. The van der Waals surface area contributed by atoms with E-state index in [1.54, 1.807) is 36.4 Å². The van der Waals surface area contributed by atoms with Crippen LogP contribution >= 0.6 is 11.6 Å². The molecule has 0 atom stereocenters. The van der Waals surface area contributed by atoms with Crippen LogP contribution in [-0.4, -0.2) is 23.9 Å². The number of carbonyl (C=O) groups excluding carboxylic acids is 2. The van der Waals surface area contributed by atoms with E-state index in [1.165, 1.54) is 43.5 Å². The predicted octanol–water partition coefficient (Wildman–Crippen LogP) is 5.02. The molecule has 0 spiro atoms. The average Bonchev–Trinajstić information content (AvgIpc) is 2.84. The Labute approximate surface area is 198 Å². The number of nitriles is 1. The van der Waals surface area contributed by atoms with Gasteiger partial charge in [0.2, 0.25) is 0 Å². The normalized spacial score (nSPS) is 10.7. The summed E-state index contributed by atoms with van der Waals surface area (Å²) < 4.78 is 10.5. The molecular formula is C24H16ClN3O6. The summed E-state index contributed by atoms with van der Waals surface area (Å²) in [5.41, 5.74) is -0.0749. The number of hydrogen-bond donors (Lipinski definition) is 1. The number of nitro benzene ring substituents is 1. The quantitative estimate of drug-likeness (QED) is 0.126. The molecule has 9 nitrogen and oxygen atoms in total. The Kier molecular flexibility index (Phi) is 7.59. The molecule has 3 aromatic rings. The third-order valence-electron chi connectivity index (χ3n) is 4.52. The first-order valence-corrected chi connectivity index (χ1v) is 10.0. The molecule has 170 valence electrons. The van der Waals surface area contributed by atoms with Gasteiger partial charge in [0, 0.05) is 17.7 Å². The van der Waals surface area contributed by atoms with Crippen LogP contribution in [-0.2, 0) is 4.79 Å². The number of amides is 1. The third-order valence-corrected chi connectivity index (χ3v) is 4.85. The highest BCUT2D eigenvalue weighted by Crippen LogP contribution is 2.28. The second-order valence-corrected chi connectivity index (χ2v) is 7.11. The summed E-state index contributed by atoms with van der Waals surface area (Å²) in [6, 6.07) is 17.9. The number of anilines is 1. The number of methoxy groups -OCH3 is 1. The highest BCUT2D eigenvalue weighted by atomic mass is 35.5. The highest BCUT2D eigenvalue weighted by molar-refractivity contribution is 6.34. The molecule has 0 saturated carbocycles. The Hall–Kier alpha value is -4.68. The van der Waals surface area contributed by atoms with Gasteiger partial charge >= 0.3 is 5.97 Å². The van der Waals surface area contributed by atoms with Crippen LogP contribution in [0.4, 0.5) is 11.4 Å². The van der Waals surface area contributed by atoms with Crippen molar-refractivity contribution in [3.63, 3.8) is 0 Å². The van der Waals surface area contributed by atoms with Gasteiger partial charge in [0.1, 0.15) is 23.1 Å². The van der Waals surface area contributed by atoms with Crippen LogP contribution in [0.5, 0.6) is 11.5 Å². The zero-order valence-electron chi connectivity index (χ0n) is 17.7. The lowest BCUT2D eigenvalue weighted by molar-refractivity contribution is -0.384. The number of benzene rings is 3. The second kappa shape index (κ2) is 10.8. The molecule has 0 aliphatic carbocycles. The Bertz CT molecular complexity index is 1330. The van der Waals surface area contributed by atoms with Crippen molar-refractivity contribution in [2.24, 2.45) is 0 Å². The minimum Gasteiger partial charge on any atom is -0.497 e. The van der Waals surface area contributed by atoms with Crippen LogP contribution in [0.1, 0.15) is 15.9 Å². The molecule has 10 heteroatoms. The zero-order chi connectivity index (χ0) is 24.7. The zero-order valence-corrected chi connectivity index (χ0v) is 18.4. The van der Waals surface area contributed by atoms with Gasteiger partial charge in [-0.1, -0.05) is 29.8 Å². The maximum atomic E-state index is 12.6. The number of halogens is 1. The molecule has 0 fully saturated rings. The molecule has 0 aliphatic heterocycles. The van der Waals surface area contributed by atoms with Crippen molar-refractivity contribution in [1.29, 1.82) is 5.26 Å². The number of rotatable bonds is 7. The van der Waals surface area contributed by atoms with Crippen molar-refractivity contribution in [3.8, 4) is 17.6 Å². The molecule has 0 aliphatic rings. The van der Waals surface area contributed by atoms with Crippen molar-refractivity contribution in [2.75, 3.05) is 12.4 Å². The van der Waals surface area contributed by atoms with E-state index in [9.17, 15) is 25.0 Å². The first-order valence-electron chi connectivity index (χ1n) is 9.64. The summed E-state index contributed by atoms with van der Waals surface area (Å²) in [6.07, 6.45) is 1.23. The van der Waals surface area contributed by atoms with Crippen LogP contribution in [0.2, 0.25) is 5.02 Å². The highest BCUT2D eigenvalue weighted by Gasteiger charge is 2.17. The molecule has 0 radical (unpaired) electrons. The minimum absolute atomic E-state index is 0.0266. The number of esters is 1. The Morgan fingerprint density at radius 1 is 1.12 bits per heavy atom. The summed E-state index contributed by atoms with van der Waals surface area (Å²) in [4.78, 5) is 35.5. The summed E-state index contributed by atoms with van der Waals surface area (Å²) in [7, 11) is 1.51. The molecular weight excluding hydrogens is 462 g/mol. The number of nitrogens with zero attached hydrogens (tertiary/aromatic N) is 2. The molecule has 0 heterocycles. The lowest BCUT2D eigenvalue weighted by atomic mass is 10.1. The molecule has 3 rings (SSSR count). The van der Waals surface area contributed by atoms with Crippen LogP contribution < -0.4 is 14.8 Å². The summed E-state index contributed by atoms with van der Waals surface area (Å²) in [5, 5.41) is 22.9. The summed E-state index contributed by atoms with van der Waals surface area (Å²) >= 11 is 6.01. The van der Waals surface area contributed by atoms with Crippen LogP contribution in [0, 0.1) is 21.4 Å². The van der Waals surface area contributed by atoms with Crippen LogP contribution in [0.15, 0.2) is 72.3 Å². The van der Waals surface area contributed by atoms with Gasteiger partial charge in [-0.25, -0.2) is 4.79 Å². The number of non-ortho nitro benzene ring substituents is 1. The fourth-order valence-electron chi connectivity index (χ4n) is 2.79. The van der Waals surface area contributed by atoms with Crippen molar-refractivity contribution >= 4 is 40.9 Å². The predicted molar refractivity (Wildman–Crippen MR) is 125 cm³/mol. The van der Waals surface area contributed by atoms with E-state index in [4.69, 9.17) is 21.1 Å². The molecule has 3 aromatic carbocycles. The van der Waals surface area contributed by atoms with E-state index < -0.39 is 16.8 Å². The Morgan fingerprint density at radius 3 is 2.47 bits per heavy atom. The lowest BCUT2D eigenvalue weighted by Crippen LogP contribution is -2.14. The molecule has 34 heavy (non-hydrogen) atoms. The monoisotopic (exact) mass is 477 g/mol. The van der Waals surface area contributed by atoms with Crippen LogP contribution in [0.25, 0.3) is 6.08 Å². The smallest absolute Gasteiger partial charge is 0.343 e. The second-order valence-electron chi connectivity index (χ2n) is 6.70. The van der Waals surface area contributed by atoms with Gasteiger partial charge in [0.05, 0.1) is 28.3 Å². The molecule has 0 bridgehead atoms. The number of hydrogen-bond acceptors (Lipinski definition) is 7. The molecule has 0 unspecified atom stereocenters. The number of carbonyl (C=O) groups is 2. The van der Waals surface area contributed by atoms with Gasteiger partial charge in [0.15, 0.2) is 0 Å². The molecule has 0 aromatic heterocycles. The van der Waals surface area contributed by atoms with Gasteiger partial charge in [-0.05, 0) is 42.5 Å². The van der Waals surface area contributed by atoms with E-state index in [0.717, 1.165) is 6.07 Å². The summed E-state index contributed by atoms with van der Waals surface area (Å²) in [6.45, 7) is 0. The number of nitrogens with one attached hydrogen (secondary N) is 1. The average molecular weight is 478 g/mol. The molecule has 1 N–H and O–H groups in total. The van der Waals surface area contributed by atoms with Crippen molar-refractivity contribution < 1.29 is 24.0 Å². The fraction of sp³-hybridized carbons (Fsp3) is 0.0417. The fourth-order valence-corrected chi connectivity index (χ4v) is 2.96. The van der Waals surface area contributed by atoms with E-state index in [2.05, 4.69) is 5.32 Å². The van der Waals surface area contributed by atoms with Crippen molar-refractivity contribution in [3.05, 3.63) is 98.6 Å². The number of para-hydroxylation sites is 1. The minimum atomic E-state index is -0.846. The van der Waals surface area contributed by atoms with E-state index in [0.29, 0.717) is 11.3 Å². The Balaban J connectivity index is 1.84. The molecule has 1 amide bonds. The van der Waals surface area contributed by atoms with Crippen LogP contribution in [0.3, 0.4) is 0 Å². The molecule has 0 saturated heterocycles. The van der Waals surface area contributed by atoms with E-state index in [1.807, 2.05) is 0 Å². The van der Waals surface area contributed by atoms with Crippen molar-refractivity contribution in [1.82, 2.24) is 0 Å². The first kappa shape index (κ1) is 24.0. The van der Waals surface area contributed by atoms with Gasteiger partial charge < -0.3 is 14.8 Å². The third kappa shape index (κ3) is 5.76. The SMILES string of the molecule is COc1ccc(C(=O)Oc2ccccc2C=C(C#N)C(=O)Nc2cc([N+](=O)[O-])ccc2Cl)cc1.